The van der Waals surface area contributed by atoms with E-state index in [2.05, 4.69) is 18.5 Å². The number of allylic oxidation sites excluding steroid dienone is 3. The maximum absolute atomic E-state index is 14.7. The number of aliphatic hydroxyl groups is 5. The third kappa shape index (κ3) is 3.32. The molecule has 6 bridgehead atoms. The average molecular weight is 774 g/mol. The maximum Gasteiger partial charge on any atom is 0.225 e. The van der Waals surface area contributed by atoms with Gasteiger partial charge in [0.1, 0.15) is 17.6 Å². The van der Waals surface area contributed by atoms with Gasteiger partial charge in [-0.15, -0.1) is 0 Å². The van der Waals surface area contributed by atoms with Crippen LogP contribution in [-0.2, 0) is 28.6 Å². The van der Waals surface area contributed by atoms with Gasteiger partial charge < -0.3 is 39.7 Å². The molecule has 0 aromatic rings. The minimum atomic E-state index is -2.39. The molecular formula is C44H55NO11. The predicted octanol–water partition coefficient (Wildman–Crippen LogP) is 2.09. The van der Waals surface area contributed by atoms with E-state index in [0.29, 0.717) is 25.7 Å². The van der Waals surface area contributed by atoms with Crippen molar-refractivity contribution in [1.29, 1.82) is 0 Å². The van der Waals surface area contributed by atoms with Gasteiger partial charge in [-0.2, -0.15) is 0 Å². The van der Waals surface area contributed by atoms with Crippen LogP contribution in [0.15, 0.2) is 48.6 Å². The normalized spacial score (nSPS) is 58.2. The summed E-state index contributed by atoms with van der Waals surface area (Å²) in [6.07, 6.45) is 5.93. The van der Waals surface area contributed by atoms with Crippen LogP contribution in [0, 0.1) is 79.8 Å². The molecule has 0 amide bonds. The molecule has 0 aromatic heterocycles. The molecule has 4 spiro atoms. The molecule has 13 aliphatic rings. The van der Waals surface area contributed by atoms with Crippen LogP contribution in [0.2, 0.25) is 0 Å². The number of carbonyl (C=O) groups excluding carboxylic acids is 3. The Morgan fingerprint density at radius 1 is 0.875 bits per heavy atom. The fourth-order valence-corrected chi connectivity index (χ4v) is 17.0. The summed E-state index contributed by atoms with van der Waals surface area (Å²) in [5, 5.41) is 65.4. The lowest BCUT2D eigenvalue weighted by Gasteiger charge is -2.82. The SMILES string of the molecule is C=C1C2C(=O)[C@]34[C@H]2[C@H]1CC[C@H]3[C@]12C=CC(=O)C(C)(C)[C@H]1[C@H](O)[C@@]4(OC(C)(O)N[C@H]1C=C[C@]34CCO[C@](O)([C@@H](O)[C@@H]3C1(C)C)[C@]13C(=O)C(=C)[C@H](CC[C@@H]41)[C@@H]3O)OC2. The van der Waals surface area contributed by atoms with E-state index >= 15 is 0 Å². The Morgan fingerprint density at radius 3 is 2.27 bits per heavy atom. The summed E-state index contributed by atoms with van der Waals surface area (Å²) in [6.45, 7) is 17.4. The molecule has 2 unspecified atom stereocenters. The van der Waals surface area contributed by atoms with Gasteiger partial charge in [0.25, 0.3) is 0 Å². The molecular weight excluding hydrogens is 718 g/mol. The van der Waals surface area contributed by atoms with Crippen LogP contribution in [0.3, 0.4) is 0 Å². The van der Waals surface area contributed by atoms with Crippen molar-refractivity contribution in [3.8, 4) is 0 Å². The first kappa shape index (κ1) is 36.7. The minimum Gasteiger partial charge on any atom is -0.391 e. The molecule has 19 atom stereocenters. The smallest absolute Gasteiger partial charge is 0.225 e. The lowest BCUT2D eigenvalue weighted by molar-refractivity contribution is -0.498. The monoisotopic (exact) mass is 773 g/mol. The maximum atomic E-state index is 14.7. The van der Waals surface area contributed by atoms with E-state index in [9.17, 15) is 39.9 Å². The van der Waals surface area contributed by atoms with Crippen LogP contribution >= 0.6 is 0 Å². The summed E-state index contributed by atoms with van der Waals surface area (Å²) in [5.74, 6) is -10.6. The van der Waals surface area contributed by atoms with Crippen LogP contribution in [0.25, 0.3) is 0 Å². The molecule has 0 aromatic carbocycles. The van der Waals surface area contributed by atoms with Crippen molar-refractivity contribution in [3.63, 3.8) is 0 Å². The van der Waals surface area contributed by atoms with Gasteiger partial charge in [-0.25, -0.2) is 0 Å². The highest BCUT2D eigenvalue weighted by molar-refractivity contribution is 6.05. The van der Waals surface area contributed by atoms with Gasteiger partial charge >= 0.3 is 0 Å². The van der Waals surface area contributed by atoms with Gasteiger partial charge in [0, 0.05) is 52.9 Å². The molecule has 302 valence electrons. The first-order valence-corrected chi connectivity index (χ1v) is 20.8. The van der Waals surface area contributed by atoms with Crippen molar-refractivity contribution in [2.75, 3.05) is 13.2 Å². The number of carbonyl (C=O) groups is 3. The summed E-state index contributed by atoms with van der Waals surface area (Å²) in [7, 11) is 0. The molecule has 12 heteroatoms. The Labute approximate surface area is 326 Å². The zero-order chi connectivity index (χ0) is 39.9. The molecule has 11 fully saturated rings. The summed E-state index contributed by atoms with van der Waals surface area (Å²) in [5.41, 5.74) is -5.54. The Balaban J connectivity index is 0.997. The Bertz CT molecular complexity index is 2020. The van der Waals surface area contributed by atoms with Crippen molar-refractivity contribution in [1.82, 2.24) is 5.32 Å². The Hall–Kier alpha value is -2.39. The molecule has 13 rings (SSSR count). The van der Waals surface area contributed by atoms with Crippen LogP contribution in [0.5, 0.6) is 0 Å². The molecule has 6 N–H and O–H groups in total. The number of ketones is 3. The van der Waals surface area contributed by atoms with Crippen molar-refractivity contribution in [2.24, 2.45) is 79.8 Å². The molecule has 0 radical (unpaired) electrons. The molecule has 12 nitrogen and oxygen atoms in total. The minimum absolute atomic E-state index is 0.0527. The van der Waals surface area contributed by atoms with Gasteiger partial charge in [0.2, 0.25) is 17.5 Å². The summed E-state index contributed by atoms with van der Waals surface area (Å²) < 4.78 is 19.8. The number of hydrogen-bond acceptors (Lipinski definition) is 12. The highest BCUT2D eigenvalue weighted by Gasteiger charge is 2.92. The lowest BCUT2D eigenvalue weighted by Crippen LogP contribution is -2.92. The third-order valence-corrected chi connectivity index (χ3v) is 18.9. The number of nitrogens with one attached hydrogen (secondary N) is 1. The van der Waals surface area contributed by atoms with E-state index in [1.54, 1.807) is 6.08 Å². The fourth-order valence-electron chi connectivity index (χ4n) is 17.0. The van der Waals surface area contributed by atoms with E-state index in [1.165, 1.54) is 6.92 Å². The number of Topliss-reactive ketones (excluding diaryl/α,β-unsaturated/α-hetero) is 2. The van der Waals surface area contributed by atoms with Gasteiger partial charge in [-0.3, -0.25) is 19.7 Å². The quantitative estimate of drug-likeness (QED) is 0.139. The number of aliphatic hydroxyl groups excluding tert-OH is 3. The second-order valence-electron chi connectivity index (χ2n) is 21.1. The first-order chi connectivity index (χ1) is 26.1. The topological polar surface area (TPSA) is 192 Å². The average Bonchev–Trinajstić information content (AvgIpc) is 3.26. The van der Waals surface area contributed by atoms with E-state index in [4.69, 9.17) is 14.2 Å². The lowest BCUT2D eigenvalue weighted by atomic mass is 9.23. The van der Waals surface area contributed by atoms with E-state index < -0.39 is 104 Å². The molecule has 7 saturated carbocycles. The first-order valence-electron chi connectivity index (χ1n) is 20.8. The zero-order valence-corrected chi connectivity index (χ0v) is 32.8. The largest absolute Gasteiger partial charge is 0.391 e. The summed E-state index contributed by atoms with van der Waals surface area (Å²) in [4.78, 5) is 42.4. The van der Waals surface area contributed by atoms with Crippen molar-refractivity contribution >= 4 is 17.3 Å². The van der Waals surface area contributed by atoms with Crippen LogP contribution in [0.1, 0.15) is 66.7 Å². The third-order valence-electron chi connectivity index (χ3n) is 18.9. The zero-order valence-electron chi connectivity index (χ0n) is 32.8. The Kier molecular flexibility index (Phi) is 6.63. The van der Waals surface area contributed by atoms with Crippen LogP contribution < -0.4 is 5.32 Å². The van der Waals surface area contributed by atoms with Crippen molar-refractivity contribution in [3.05, 3.63) is 48.6 Å². The van der Waals surface area contributed by atoms with Crippen LogP contribution in [0.4, 0.5) is 0 Å². The van der Waals surface area contributed by atoms with Gasteiger partial charge in [-0.05, 0) is 72.8 Å². The molecule has 9 aliphatic carbocycles. The number of hydrogen-bond donors (Lipinski definition) is 6. The van der Waals surface area contributed by atoms with Gasteiger partial charge in [0.05, 0.1) is 24.7 Å². The van der Waals surface area contributed by atoms with Crippen molar-refractivity contribution in [2.45, 2.75) is 109 Å². The van der Waals surface area contributed by atoms with E-state index in [1.807, 2.05) is 45.9 Å². The second kappa shape index (κ2) is 10.1. The fraction of sp³-hybridized carbons (Fsp3) is 0.750. The summed E-state index contributed by atoms with van der Waals surface area (Å²) >= 11 is 0. The number of rotatable bonds is 4. The highest BCUT2D eigenvalue weighted by Crippen LogP contribution is 2.84. The Morgan fingerprint density at radius 2 is 1.55 bits per heavy atom. The van der Waals surface area contributed by atoms with Crippen LogP contribution in [-0.4, -0.2) is 97.9 Å². The molecule has 4 saturated heterocycles. The van der Waals surface area contributed by atoms with E-state index in [-0.39, 0.29) is 54.0 Å². The van der Waals surface area contributed by atoms with Crippen molar-refractivity contribution < 1.29 is 54.1 Å². The standard InChI is InChI=1S/C44H55NO11/c1-19-21-8-10-24-40-15-13-26(46)37(5,6)30(40)35(51)44(55-18-40,41(24)28(21)27(19)33(41)49)56-38(7,52)45-25-12-14-39-16-17-54-43(53,34(50)29(39)36(25,3)4)42-23(39)11-9-22(32(42)48)20(2)31(42)47/h12-15,21-25,27-30,32,34-35,45,48,50-53H,1-2,8-11,16-18H2,3-7H3/t21-,22-,23-,24-,25-,27?,28-,29+,30+,32-,34-,35-,38?,39+,40+,41+,42-,43+,44-/m0/s1. The van der Waals surface area contributed by atoms with Gasteiger partial charge in [-0.1, -0.05) is 64.7 Å². The summed E-state index contributed by atoms with van der Waals surface area (Å²) in [6, 6.07) is -0.728. The second-order valence-corrected chi connectivity index (χ2v) is 21.1. The predicted molar refractivity (Wildman–Crippen MR) is 196 cm³/mol. The molecule has 4 aliphatic heterocycles. The number of fused-ring (bicyclic) bond motifs is 4. The van der Waals surface area contributed by atoms with E-state index in [0.717, 1.165) is 12.0 Å². The molecule has 4 heterocycles. The number of ether oxygens (including phenoxy) is 3. The molecule has 56 heavy (non-hydrogen) atoms. The van der Waals surface area contributed by atoms with Gasteiger partial charge in [0.15, 0.2) is 17.3 Å². The highest BCUT2D eigenvalue weighted by atomic mass is 16.8.